The van der Waals surface area contributed by atoms with Crippen molar-refractivity contribution in [3.63, 3.8) is 0 Å². The van der Waals surface area contributed by atoms with Gasteiger partial charge in [-0.05, 0) is 49.6 Å². The van der Waals surface area contributed by atoms with Gasteiger partial charge >= 0.3 is 0 Å². The molecule has 2 amide bonds. The lowest BCUT2D eigenvalue weighted by Crippen LogP contribution is -2.34. The minimum absolute atomic E-state index is 0.0816. The van der Waals surface area contributed by atoms with Crippen molar-refractivity contribution in [2.24, 2.45) is 4.99 Å². The first-order valence-electron chi connectivity index (χ1n) is 9.95. The highest BCUT2D eigenvalue weighted by Gasteiger charge is 2.38. The number of hydrogen-bond acceptors (Lipinski definition) is 5. The number of rotatable bonds is 8. The number of nitrogens with zero attached hydrogens (tertiary/aromatic N) is 2. The summed E-state index contributed by atoms with van der Waals surface area (Å²) >= 11 is 1.35. The lowest BCUT2D eigenvalue weighted by molar-refractivity contribution is -0.128. The number of para-hydroxylation sites is 1. The molecule has 2 aromatic rings. The number of aryl methyl sites for hydroxylation is 2. The number of anilines is 1. The van der Waals surface area contributed by atoms with E-state index in [-0.39, 0.29) is 18.2 Å². The monoisotopic (exact) mass is 425 g/mol. The average molecular weight is 426 g/mol. The second-order valence-electron chi connectivity index (χ2n) is 7.24. The van der Waals surface area contributed by atoms with Crippen molar-refractivity contribution < 1.29 is 14.3 Å². The molecule has 0 aromatic heterocycles. The van der Waals surface area contributed by atoms with Gasteiger partial charge in [0.15, 0.2) is 5.17 Å². The van der Waals surface area contributed by atoms with Crippen molar-refractivity contribution in [3.05, 3.63) is 59.7 Å². The number of carbonyl (C=O) groups is 2. The van der Waals surface area contributed by atoms with E-state index in [0.29, 0.717) is 24.7 Å². The van der Waals surface area contributed by atoms with Crippen molar-refractivity contribution >= 4 is 40.1 Å². The van der Waals surface area contributed by atoms with Crippen LogP contribution in [0.3, 0.4) is 0 Å². The number of thioether (sulfide) groups is 1. The summed E-state index contributed by atoms with van der Waals surface area (Å²) in [6, 6.07) is 15.5. The summed E-state index contributed by atoms with van der Waals surface area (Å²) in [5, 5.41) is 3.09. The molecule has 158 valence electrons. The fourth-order valence-electron chi connectivity index (χ4n) is 3.15. The Bertz CT molecular complexity index is 931. The van der Waals surface area contributed by atoms with Crippen molar-refractivity contribution in [1.29, 1.82) is 0 Å². The number of aliphatic imine (C=N–C) groups is 1. The van der Waals surface area contributed by atoms with Crippen LogP contribution in [0.5, 0.6) is 0 Å². The average Bonchev–Trinajstić information content (AvgIpc) is 3.00. The van der Waals surface area contributed by atoms with Crippen LogP contribution in [-0.2, 0) is 14.3 Å². The SMILES string of the molecule is COCCCN1C(=O)[C@@H](CC(=O)Nc2cc(C)ccc2C)SC1=Nc1ccccc1. The highest BCUT2D eigenvalue weighted by molar-refractivity contribution is 8.15. The quantitative estimate of drug-likeness (QED) is 0.640. The van der Waals surface area contributed by atoms with Gasteiger partial charge in [-0.15, -0.1) is 0 Å². The van der Waals surface area contributed by atoms with Crippen LogP contribution in [0.1, 0.15) is 24.0 Å². The number of methoxy groups -OCH3 is 1. The Morgan fingerprint density at radius 3 is 2.70 bits per heavy atom. The topological polar surface area (TPSA) is 71.0 Å². The normalized spacial score (nSPS) is 17.6. The van der Waals surface area contributed by atoms with Crippen molar-refractivity contribution in [2.45, 2.75) is 31.9 Å². The third kappa shape index (κ3) is 5.70. The van der Waals surface area contributed by atoms with Crippen molar-refractivity contribution in [3.8, 4) is 0 Å². The molecule has 0 saturated carbocycles. The van der Waals surface area contributed by atoms with Crippen LogP contribution in [0.4, 0.5) is 11.4 Å². The first kappa shape index (κ1) is 22.1. The molecule has 6 nitrogen and oxygen atoms in total. The zero-order valence-electron chi connectivity index (χ0n) is 17.6. The van der Waals surface area contributed by atoms with Crippen LogP contribution >= 0.6 is 11.8 Å². The smallest absolute Gasteiger partial charge is 0.242 e. The van der Waals surface area contributed by atoms with Gasteiger partial charge in [-0.1, -0.05) is 42.1 Å². The zero-order chi connectivity index (χ0) is 21.5. The highest BCUT2D eigenvalue weighted by Crippen LogP contribution is 2.32. The van der Waals surface area contributed by atoms with Gasteiger partial charge in [0.05, 0.1) is 5.69 Å². The number of nitrogens with one attached hydrogen (secondary N) is 1. The van der Waals surface area contributed by atoms with E-state index in [4.69, 9.17) is 4.74 Å². The second-order valence-corrected chi connectivity index (χ2v) is 8.41. The Labute approximate surface area is 181 Å². The molecular formula is C23H27N3O3S. The van der Waals surface area contributed by atoms with Gasteiger partial charge in [0.2, 0.25) is 11.8 Å². The lowest BCUT2D eigenvalue weighted by Gasteiger charge is -2.16. The minimum atomic E-state index is -0.486. The maximum absolute atomic E-state index is 13.0. The number of hydrogen-bond donors (Lipinski definition) is 1. The zero-order valence-corrected chi connectivity index (χ0v) is 18.4. The molecular weight excluding hydrogens is 398 g/mol. The minimum Gasteiger partial charge on any atom is -0.385 e. The van der Waals surface area contributed by atoms with E-state index in [1.165, 1.54) is 11.8 Å². The molecule has 0 aliphatic carbocycles. The summed E-state index contributed by atoms with van der Waals surface area (Å²) < 4.78 is 5.12. The number of ether oxygens (including phenoxy) is 1. The second kappa shape index (κ2) is 10.4. The fourth-order valence-corrected chi connectivity index (χ4v) is 4.33. The van der Waals surface area contributed by atoms with E-state index in [1.807, 2.05) is 62.4 Å². The molecule has 3 rings (SSSR count). The molecule has 1 aliphatic heterocycles. The van der Waals surface area contributed by atoms with E-state index in [9.17, 15) is 9.59 Å². The highest BCUT2D eigenvalue weighted by atomic mass is 32.2. The number of benzene rings is 2. The molecule has 1 fully saturated rings. The van der Waals surface area contributed by atoms with Crippen molar-refractivity contribution in [2.75, 3.05) is 25.6 Å². The molecule has 1 aliphatic rings. The van der Waals surface area contributed by atoms with Gasteiger partial charge in [-0.25, -0.2) is 4.99 Å². The summed E-state index contributed by atoms with van der Waals surface area (Å²) in [7, 11) is 1.64. The van der Waals surface area contributed by atoms with Gasteiger partial charge < -0.3 is 10.1 Å². The Morgan fingerprint density at radius 1 is 1.20 bits per heavy atom. The van der Waals surface area contributed by atoms with Gasteiger partial charge in [-0.3, -0.25) is 14.5 Å². The molecule has 1 heterocycles. The van der Waals surface area contributed by atoms with E-state index >= 15 is 0 Å². The van der Waals surface area contributed by atoms with Gasteiger partial charge in [-0.2, -0.15) is 0 Å². The lowest BCUT2D eigenvalue weighted by atomic mass is 10.1. The first-order chi connectivity index (χ1) is 14.5. The standard InChI is InChI=1S/C23H27N3O3S/c1-16-10-11-17(2)19(14-16)25-21(27)15-20-22(28)26(12-7-13-29-3)23(30-20)24-18-8-5-4-6-9-18/h4-6,8-11,14,20H,7,12-13,15H2,1-3H3,(H,25,27)/t20-/m1/s1. The number of amides is 2. The van der Waals surface area contributed by atoms with Crippen LogP contribution < -0.4 is 5.32 Å². The molecule has 0 bridgehead atoms. The third-order valence-electron chi connectivity index (χ3n) is 4.77. The largest absolute Gasteiger partial charge is 0.385 e. The summed E-state index contributed by atoms with van der Waals surface area (Å²) in [5.41, 5.74) is 3.63. The van der Waals surface area contributed by atoms with Crippen LogP contribution in [0.15, 0.2) is 53.5 Å². The summed E-state index contributed by atoms with van der Waals surface area (Å²) in [6.07, 6.45) is 0.809. The van der Waals surface area contributed by atoms with Crippen molar-refractivity contribution in [1.82, 2.24) is 4.90 Å². The predicted octanol–water partition coefficient (Wildman–Crippen LogP) is 4.30. The van der Waals surface area contributed by atoms with E-state index in [0.717, 1.165) is 22.5 Å². The maximum atomic E-state index is 13.0. The molecule has 0 radical (unpaired) electrons. The maximum Gasteiger partial charge on any atom is 0.242 e. The van der Waals surface area contributed by atoms with Crippen LogP contribution in [0.2, 0.25) is 0 Å². The molecule has 1 N–H and O–H groups in total. The molecule has 2 aromatic carbocycles. The van der Waals surface area contributed by atoms with Crippen LogP contribution in [-0.4, -0.2) is 47.4 Å². The Balaban J connectivity index is 1.73. The number of amidine groups is 1. The van der Waals surface area contributed by atoms with E-state index in [1.54, 1.807) is 12.0 Å². The first-order valence-corrected chi connectivity index (χ1v) is 10.8. The predicted molar refractivity (Wildman–Crippen MR) is 122 cm³/mol. The molecule has 30 heavy (non-hydrogen) atoms. The van der Waals surface area contributed by atoms with Crippen LogP contribution in [0.25, 0.3) is 0 Å². The van der Waals surface area contributed by atoms with Gasteiger partial charge in [0, 0.05) is 32.4 Å². The summed E-state index contributed by atoms with van der Waals surface area (Å²) in [6.45, 7) is 5.01. The Morgan fingerprint density at radius 2 is 1.97 bits per heavy atom. The Hall–Kier alpha value is -2.64. The molecule has 1 atom stereocenters. The fraction of sp³-hybridized carbons (Fsp3) is 0.348. The van der Waals surface area contributed by atoms with E-state index in [2.05, 4.69) is 10.3 Å². The number of carbonyl (C=O) groups excluding carboxylic acids is 2. The van der Waals surface area contributed by atoms with Gasteiger partial charge in [0.25, 0.3) is 0 Å². The summed E-state index contributed by atoms with van der Waals surface area (Å²) in [4.78, 5) is 32.0. The molecule has 0 spiro atoms. The third-order valence-corrected chi connectivity index (χ3v) is 5.94. The molecule has 0 unspecified atom stereocenters. The Kier molecular flexibility index (Phi) is 7.65. The van der Waals surface area contributed by atoms with E-state index < -0.39 is 5.25 Å². The summed E-state index contributed by atoms with van der Waals surface area (Å²) in [5.74, 6) is -0.255. The molecule has 1 saturated heterocycles. The van der Waals surface area contributed by atoms with Gasteiger partial charge in [0.1, 0.15) is 5.25 Å². The van der Waals surface area contributed by atoms with Crippen LogP contribution in [0, 0.1) is 13.8 Å². The molecule has 7 heteroatoms.